The second-order valence-corrected chi connectivity index (χ2v) is 11.5. The molecule has 0 bridgehead atoms. The van der Waals surface area contributed by atoms with Crippen LogP contribution in [-0.4, -0.2) is 17.0 Å². The Balaban J connectivity index is 0.00000320. The molecular weight excluding hydrogens is 492 g/mol. The van der Waals surface area contributed by atoms with E-state index in [1.165, 1.54) is 55.1 Å². The van der Waals surface area contributed by atoms with Crippen LogP contribution in [0, 0.1) is 17.5 Å². The largest absolute Gasteiger partial charge is 1.00 e. The van der Waals surface area contributed by atoms with Gasteiger partial charge in [0.25, 0.3) is 0 Å². The van der Waals surface area contributed by atoms with E-state index < -0.39 is 7.26 Å². The Bertz CT molecular complexity index is 852. The fraction of sp³-hybridized carbons (Fsp3) is 0.174. The zero-order chi connectivity index (χ0) is 20.9. The molecule has 0 aliphatic heterocycles. The molecule has 3 aromatic rings. The molecule has 0 saturated carbocycles. The summed E-state index contributed by atoms with van der Waals surface area (Å²) in [6.45, 7) is 1.53. The maximum atomic E-state index is 13.7. The lowest BCUT2D eigenvalue weighted by Crippen LogP contribution is -3.00. The van der Waals surface area contributed by atoms with E-state index in [1.807, 2.05) is 0 Å². The monoisotopic (exact) mass is 512 g/mol. The van der Waals surface area contributed by atoms with Crippen molar-refractivity contribution in [2.45, 2.75) is 13.3 Å². The van der Waals surface area contributed by atoms with Crippen LogP contribution in [0.15, 0.2) is 72.8 Å². The van der Waals surface area contributed by atoms with Gasteiger partial charge >= 0.3 is 0 Å². The summed E-state index contributed by atoms with van der Waals surface area (Å²) in [5.74, 6) is -0.354. The van der Waals surface area contributed by atoms with Gasteiger partial charge in [-0.3, -0.25) is 4.79 Å². The second kappa shape index (κ2) is 11.1. The van der Waals surface area contributed by atoms with Gasteiger partial charge in [-0.15, -0.1) is 0 Å². The summed E-state index contributed by atoms with van der Waals surface area (Å²) in [4.78, 5) is 11.3. The number of hydrogen-bond donors (Lipinski definition) is 0. The van der Waals surface area contributed by atoms with Gasteiger partial charge in [0.15, 0.2) is 5.12 Å². The Morgan fingerprint density at radius 3 is 1.37 bits per heavy atom. The van der Waals surface area contributed by atoms with E-state index in [0.717, 1.165) is 22.3 Å². The number of carbonyl (C=O) groups excluding carboxylic acids is 1. The van der Waals surface area contributed by atoms with Crippen LogP contribution in [0.1, 0.15) is 13.3 Å². The van der Waals surface area contributed by atoms with E-state index >= 15 is 0 Å². The summed E-state index contributed by atoms with van der Waals surface area (Å²) in [7, 11) is -2.30. The van der Waals surface area contributed by atoms with Crippen LogP contribution in [0.2, 0.25) is 0 Å². The van der Waals surface area contributed by atoms with E-state index in [1.54, 1.807) is 36.4 Å². The number of carbonyl (C=O) groups is 1. The molecule has 0 aliphatic rings. The Hall–Kier alpha value is -1.62. The number of hydrogen-bond acceptors (Lipinski definition) is 2. The topological polar surface area (TPSA) is 17.1 Å². The van der Waals surface area contributed by atoms with Gasteiger partial charge in [0.1, 0.15) is 40.6 Å². The number of halogens is 4. The van der Waals surface area contributed by atoms with Crippen LogP contribution in [0.5, 0.6) is 0 Å². The van der Waals surface area contributed by atoms with Crippen molar-refractivity contribution >= 4 is 40.1 Å². The summed E-state index contributed by atoms with van der Waals surface area (Å²) in [5.41, 5.74) is 0. The number of benzene rings is 3. The predicted octanol–water partition coefficient (Wildman–Crippen LogP) is 2.07. The first-order chi connectivity index (χ1) is 13.9. The molecule has 0 spiro atoms. The molecule has 7 heteroatoms. The maximum absolute atomic E-state index is 13.7. The average Bonchev–Trinajstić information content (AvgIpc) is 2.71. The van der Waals surface area contributed by atoms with Gasteiger partial charge in [-0.05, 0) is 79.2 Å². The second-order valence-electron chi connectivity index (χ2n) is 6.66. The minimum Gasteiger partial charge on any atom is -1.00 e. The SMILES string of the molecule is CC(=O)SCCC[P+](c1ccc(F)cc1)(c1ccc(F)cc1)c1ccc(F)cc1.[Br-]. The molecule has 0 unspecified atom stereocenters. The smallest absolute Gasteiger partial charge is 0.185 e. The highest BCUT2D eigenvalue weighted by atomic mass is 79.9. The zero-order valence-electron chi connectivity index (χ0n) is 16.3. The predicted molar refractivity (Wildman–Crippen MR) is 118 cm³/mol. The van der Waals surface area contributed by atoms with E-state index in [0.29, 0.717) is 11.9 Å². The molecule has 0 saturated heterocycles. The maximum Gasteiger partial charge on any atom is 0.185 e. The highest BCUT2D eigenvalue weighted by Gasteiger charge is 2.44. The molecule has 0 fully saturated rings. The lowest BCUT2D eigenvalue weighted by molar-refractivity contribution is -0.109. The molecule has 0 heterocycles. The summed E-state index contributed by atoms with van der Waals surface area (Å²) in [6.07, 6.45) is 1.44. The van der Waals surface area contributed by atoms with Crippen molar-refractivity contribution in [1.29, 1.82) is 0 Å². The Labute approximate surface area is 190 Å². The van der Waals surface area contributed by atoms with E-state index in [2.05, 4.69) is 0 Å². The number of thioether (sulfide) groups is 1. The van der Waals surface area contributed by atoms with Crippen LogP contribution < -0.4 is 32.9 Å². The van der Waals surface area contributed by atoms with Crippen molar-refractivity contribution in [3.63, 3.8) is 0 Å². The third-order valence-corrected chi connectivity index (χ3v) is 10.2. The highest BCUT2D eigenvalue weighted by molar-refractivity contribution is 8.13. The Morgan fingerprint density at radius 1 is 0.733 bits per heavy atom. The van der Waals surface area contributed by atoms with Crippen LogP contribution in [0.4, 0.5) is 13.2 Å². The van der Waals surface area contributed by atoms with Crippen molar-refractivity contribution in [2.75, 3.05) is 11.9 Å². The Kier molecular flexibility index (Phi) is 9.14. The van der Waals surface area contributed by atoms with Crippen LogP contribution in [0.3, 0.4) is 0 Å². The van der Waals surface area contributed by atoms with Gasteiger partial charge in [-0.25, -0.2) is 13.2 Å². The van der Waals surface area contributed by atoms with Crippen molar-refractivity contribution in [3.05, 3.63) is 90.2 Å². The summed E-state index contributed by atoms with van der Waals surface area (Å²) >= 11 is 1.26. The molecular formula is C23H21BrF3OPS. The van der Waals surface area contributed by atoms with Gasteiger partial charge in [-0.1, -0.05) is 11.8 Å². The minimum atomic E-state index is -2.30. The first-order valence-corrected chi connectivity index (χ1v) is 12.2. The zero-order valence-corrected chi connectivity index (χ0v) is 19.6. The standard InChI is InChI=1S/C23H21F3OPS.BrH/c1-17(27)29-16-2-15-28(21-9-3-18(24)4-10-21,22-11-5-19(25)6-12-22)23-13-7-20(26)8-14-23;/h3-14H,2,15-16H2,1H3;1H/q+1;/p-1. The lowest BCUT2D eigenvalue weighted by Gasteiger charge is -2.27. The lowest BCUT2D eigenvalue weighted by atomic mass is 10.3. The molecule has 3 rings (SSSR count). The molecule has 0 amide bonds. The molecule has 0 N–H and O–H groups in total. The van der Waals surface area contributed by atoms with E-state index in [4.69, 9.17) is 0 Å². The van der Waals surface area contributed by atoms with Gasteiger partial charge in [0.2, 0.25) is 0 Å². The van der Waals surface area contributed by atoms with Crippen molar-refractivity contribution in [1.82, 2.24) is 0 Å². The molecule has 30 heavy (non-hydrogen) atoms. The minimum absolute atomic E-state index is 0. The van der Waals surface area contributed by atoms with E-state index in [9.17, 15) is 18.0 Å². The molecule has 158 valence electrons. The Morgan fingerprint density at radius 2 is 1.07 bits per heavy atom. The highest BCUT2D eigenvalue weighted by Crippen LogP contribution is 2.56. The third-order valence-electron chi connectivity index (χ3n) is 4.75. The van der Waals surface area contributed by atoms with Gasteiger partial charge < -0.3 is 17.0 Å². The molecule has 0 atom stereocenters. The number of rotatable bonds is 7. The first kappa shape index (κ1) is 24.6. The van der Waals surface area contributed by atoms with Crippen molar-refractivity contribution < 1.29 is 34.9 Å². The van der Waals surface area contributed by atoms with Crippen molar-refractivity contribution in [3.8, 4) is 0 Å². The summed E-state index contributed by atoms with van der Waals surface area (Å²) in [6, 6.07) is 19.1. The van der Waals surface area contributed by atoms with Gasteiger partial charge in [0.05, 0.1) is 6.16 Å². The van der Waals surface area contributed by atoms with Crippen LogP contribution in [-0.2, 0) is 4.79 Å². The molecule has 1 nitrogen and oxygen atoms in total. The molecule has 0 aliphatic carbocycles. The van der Waals surface area contributed by atoms with Gasteiger partial charge in [0, 0.05) is 12.7 Å². The van der Waals surface area contributed by atoms with Crippen LogP contribution in [0.25, 0.3) is 0 Å². The summed E-state index contributed by atoms with van der Waals surface area (Å²) < 4.78 is 41.0. The van der Waals surface area contributed by atoms with Crippen LogP contribution >= 0.6 is 19.0 Å². The molecule has 0 aromatic heterocycles. The fourth-order valence-corrected chi connectivity index (χ4v) is 8.50. The molecule has 0 radical (unpaired) electrons. The van der Waals surface area contributed by atoms with Crippen molar-refractivity contribution in [2.24, 2.45) is 0 Å². The van der Waals surface area contributed by atoms with Gasteiger partial charge in [-0.2, -0.15) is 0 Å². The summed E-state index contributed by atoms with van der Waals surface area (Å²) in [5, 5.41) is 2.86. The van der Waals surface area contributed by atoms with E-state index in [-0.39, 0.29) is 39.5 Å². The quantitative estimate of drug-likeness (QED) is 0.356. The normalized spacial score (nSPS) is 11.1. The first-order valence-electron chi connectivity index (χ1n) is 9.22. The third kappa shape index (κ3) is 5.75. The fourth-order valence-electron chi connectivity index (χ4n) is 3.44. The molecule has 3 aromatic carbocycles. The average molecular weight is 513 g/mol.